The van der Waals surface area contributed by atoms with Crippen molar-refractivity contribution >= 4 is 40.5 Å². The van der Waals surface area contributed by atoms with Crippen LogP contribution in [0.2, 0.25) is 15.1 Å². The molecule has 0 N–H and O–H groups in total. The number of hydrogen-bond acceptors (Lipinski definition) is 3. The minimum Gasteiger partial charge on any atom is -0.449 e. The first-order valence-electron chi connectivity index (χ1n) is 5.77. The summed E-state index contributed by atoms with van der Waals surface area (Å²) in [5, 5.41) is 11.2. The van der Waals surface area contributed by atoms with Crippen molar-refractivity contribution in [2.45, 2.75) is 6.18 Å². The van der Waals surface area contributed by atoms with Gasteiger partial charge < -0.3 is 4.74 Å². The Kier molecular flexibility index (Phi) is 4.93. The van der Waals surface area contributed by atoms with Crippen LogP contribution in [0.5, 0.6) is 11.5 Å². The van der Waals surface area contributed by atoms with E-state index < -0.39 is 28.1 Å². The van der Waals surface area contributed by atoms with Gasteiger partial charge in [-0.25, -0.2) is 0 Å². The number of nitrogens with zero attached hydrogens (tertiary/aromatic N) is 1. The van der Waals surface area contributed by atoms with Crippen LogP contribution in [-0.2, 0) is 6.18 Å². The molecule has 0 aliphatic carbocycles. The summed E-state index contributed by atoms with van der Waals surface area (Å²) in [6.07, 6.45) is -4.72. The van der Waals surface area contributed by atoms with Crippen LogP contribution in [0, 0.1) is 10.1 Å². The van der Waals surface area contributed by atoms with Crippen molar-refractivity contribution in [1.82, 2.24) is 0 Å². The number of hydrogen-bond donors (Lipinski definition) is 0. The summed E-state index contributed by atoms with van der Waals surface area (Å²) in [6.45, 7) is 0. The predicted molar refractivity (Wildman–Crippen MR) is 79.6 cm³/mol. The summed E-state index contributed by atoms with van der Waals surface area (Å²) in [4.78, 5) is 9.99. The Balaban J connectivity index is 2.48. The number of nitro benzene ring substituents is 1. The molecule has 0 aromatic heterocycles. The Morgan fingerprint density at radius 3 is 2.13 bits per heavy atom. The second kappa shape index (κ2) is 6.43. The highest BCUT2D eigenvalue weighted by molar-refractivity contribution is 6.43. The van der Waals surface area contributed by atoms with Crippen molar-refractivity contribution in [3.05, 3.63) is 61.1 Å². The van der Waals surface area contributed by atoms with Crippen molar-refractivity contribution in [3.8, 4) is 11.5 Å². The number of ether oxygens (including phenoxy) is 1. The van der Waals surface area contributed by atoms with Gasteiger partial charge in [-0.05, 0) is 18.2 Å². The summed E-state index contributed by atoms with van der Waals surface area (Å²) in [6, 6.07) is 4.32. The highest BCUT2D eigenvalue weighted by Gasteiger charge is 2.33. The van der Waals surface area contributed by atoms with Gasteiger partial charge in [-0.15, -0.1) is 0 Å². The molecule has 0 radical (unpaired) electrons. The lowest BCUT2D eigenvalue weighted by Crippen LogP contribution is -2.06. The fraction of sp³-hybridized carbons (Fsp3) is 0.0769. The molecule has 2 rings (SSSR count). The SMILES string of the molecule is O=[N+]([O-])c1cc(C(F)(F)F)ccc1Oc1cc(Cl)c(Cl)cc1Cl. The highest BCUT2D eigenvalue weighted by atomic mass is 35.5. The zero-order valence-corrected chi connectivity index (χ0v) is 13.1. The quantitative estimate of drug-likeness (QED) is 0.350. The molecule has 0 heterocycles. The molecule has 0 unspecified atom stereocenters. The van der Waals surface area contributed by atoms with E-state index in [1.165, 1.54) is 12.1 Å². The lowest BCUT2D eigenvalue weighted by Gasteiger charge is -2.11. The van der Waals surface area contributed by atoms with E-state index in [2.05, 4.69) is 0 Å². The molecule has 10 heteroatoms. The molecule has 0 amide bonds. The average Bonchev–Trinajstić information content (AvgIpc) is 2.43. The van der Waals surface area contributed by atoms with Crippen LogP contribution in [0.15, 0.2) is 30.3 Å². The Morgan fingerprint density at radius 2 is 1.57 bits per heavy atom. The fourth-order valence-corrected chi connectivity index (χ4v) is 2.20. The molecule has 23 heavy (non-hydrogen) atoms. The second-order valence-corrected chi connectivity index (χ2v) is 5.46. The van der Waals surface area contributed by atoms with Gasteiger partial charge in [0.05, 0.1) is 25.6 Å². The summed E-state index contributed by atoms with van der Waals surface area (Å²) in [5.74, 6) is -0.493. The van der Waals surface area contributed by atoms with Crippen LogP contribution in [0.4, 0.5) is 18.9 Å². The van der Waals surface area contributed by atoms with E-state index in [-0.39, 0.29) is 20.8 Å². The normalized spacial score (nSPS) is 11.4. The van der Waals surface area contributed by atoms with Gasteiger partial charge in [-0.1, -0.05) is 34.8 Å². The van der Waals surface area contributed by atoms with Crippen molar-refractivity contribution in [2.75, 3.05) is 0 Å². The van der Waals surface area contributed by atoms with Gasteiger partial charge in [-0.2, -0.15) is 13.2 Å². The van der Waals surface area contributed by atoms with Gasteiger partial charge in [0.25, 0.3) is 0 Å². The number of benzene rings is 2. The van der Waals surface area contributed by atoms with E-state index >= 15 is 0 Å². The Bertz CT molecular complexity index is 781. The monoisotopic (exact) mass is 385 g/mol. The molecular weight excluding hydrogens is 382 g/mol. The number of nitro groups is 1. The molecule has 0 atom stereocenters. The van der Waals surface area contributed by atoms with Crippen LogP contribution in [0.25, 0.3) is 0 Å². The topological polar surface area (TPSA) is 52.4 Å². The molecule has 0 saturated carbocycles. The number of alkyl halides is 3. The van der Waals surface area contributed by atoms with E-state index in [9.17, 15) is 23.3 Å². The molecule has 4 nitrogen and oxygen atoms in total. The van der Waals surface area contributed by atoms with Gasteiger partial charge in [-0.3, -0.25) is 10.1 Å². The molecule has 2 aromatic carbocycles. The van der Waals surface area contributed by atoms with Crippen LogP contribution in [0.1, 0.15) is 5.56 Å². The minimum absolute atomic E-state index is 0.00593. The third-order valence-corrected chi connectivity index (χ3v) is 3.70. The molecule has 0 spiro atoms. The molecule has 0 bridgehead atoms. The molecule has 0 aliphatic heterocycles. The maximum atomic E-state index is 12.6. The first-order chi connectivity index (χ1) is 10.6. The lowest BCUT2D eigenvalue weighted by molar-refractivity contribution is -0.385. The predicted octanol–water partition coefficient (Wildman–Crippen LogP) is 6.37. The number of halogens is 6. The second-order valence-electron chi connectivity index (χ2n) is 4.24. The van der Waals surface area contributed by atoms with Gasteiger partial charge in [0, 0.05) is 12.1 Å². The summed E-state index contributed by atoms with van der Waals surface area (Å²) in [7, 11) is 0. The van der Waals surface area contributed by atoms with Gasteiger partial charge in [0.2, 0.25) is 5.75 Å². The van der Waals surface area contributed by atoms with Crippen molar-refractivity contribution in [2.24, 2.45) is 0 Å². The first kappa shape index (κ1) is 17.7. The Morgan fingerprint density at radius 1 is 0.957 bits per heavy atom. The van der Waals surface area contributed by atoms with Crippen LogP contribution < -0.4 is 4.74 Å². The number of rotatable bonds is 3. The zero-order valence-electron chi connectivity index (χ0n) is 10.8. The first-order valence-corrected chi connectivity index (χ1v) is 6.91. The summed E-state index contributed by atoms with van der Waals surface area (Å²) < 4.78 is 43.1. The van der Waals surface area contributed by atoms with Crippen molar-refractivity contribution in [3.63, 3.8) is 0 Å². The Labute approximate surface area is 142 Å². The summed E-state index contributed by atoms with van der Waals surface area (Å²) in [5.41, 5.74) is -2.03. The fourth-order valence-electron chi connectivity index (χ4n) is 1.62. The van der Waals surface area contributed by atoms with E-state index in [0.29, 0.717) is 12.1 Å². The lowest BCUT2D eigenvalue weighted by atomic mass is 10.2. The van der Waals surface area contributed by atoms with Gasteiger partial charge >= 0.3 is 11.9 Å². The van der Waals surface area contributed by atoms with E-state index in [0.717, 1.165) is 6.07 Å². The van der Waals surface area contributed by atoms with Gasteiger partial charge in [0.15, 0.2) is 0 Å². The van der Waals surface area contributed by atoms with Crippen LogP contribution >= 0.6 is 34.8 Å². The maximum Gasteiger partial charge on any atom is 0.416 e. The molecular formula is C13H5Cl3F3NO3. The van der Waals surface area contributed by atoms with Crippen molar-refractivity contribution in [1.29, 1.82) is 0 Å². The van der Waals surface area contributed by atoms with E-state index in [1.54, 1.807) is 0 Å². The maximum absolute atomic E-state index is 12.6. The molecule has 2 aromatic rings. The van der Waals surface area contributed by atoms with E-state index in [1.807, 2.05) is 0 Å². The zero-order chi connectivity index (χ0) is 17.4. The average molecular weight is 387 g/mol. The van der Waals surface area contributed by atoms with Gasteiger partial charge in [0.1, 0.15) is 5.75 Å². The van der Waals surface area contributed by atoms with E-state index in [4.69, 9.17) is 39.5 Å². The summed E-state index contributed by atoms with van der Waals surface area (Å²) >= 11 is 17.4. The molecule has 0 fully saturated rings. The highest BCUT2D eigenvalue weighted by Crippen LogP contribution is 2.41. The van der Waals surface area contributed by atoms with Crippen LogP contribution in [0.3, 0.4) is 0 Å². The molecule has 0 saturated heterocycles. The standard InChI is InChI=1S/C13H5Cl3F3NO3/c14-7-4-9(16)12(5-8(7)15)23-11-2-1-6(13(17,18)19)3-10(11)20(21)22/h1-5H. The van der Waals surface area contributed by atoms with Crippen LogP contribution in [-0.4, -0.2) is 4.92 Å². The minimum atomic E-state index is -4.72. The van der Waals surface area contributed by atoms with Crippen molar-refractivity contribution < 1.29 is 22.8 Å². The third kappa shape index (κ3) is 3.99. The largest absolute Gasteiger partial charge is 0.449 e. The third-order valence-electron chi connectivity index (χ3n) is 2.68. The Hall–Kier alpha value is -1.70. The molecule has 122 valence electrons. The molecule has 0 aliphatic rings. The smallest absolute Gasteiger partial charge is 0.416 e.